The Balaban J connectivity index is 2.07. The van der Waals surface area contributed by atoms with Crippen molar-refractivity contribution in [2.24, 2.45) is 0 Å². The molecule has 3 rings (SSSR count). The molecule has 180 valence electrons. The van der Waals surface area contributed by atoms with E-state index in [9.17, 15) is 19.4 Å². The van der Waals surface area contributed by atoms with Gasteiger partial charge in [0.15, 0.2) is 0 Å². The number of nitrogens with zero attached hydrogens (tertiary/aromatic N) is 2. The molecule has 0 aliphatic heterocycles. The molecule has 4 N–H and O–H groups in total. The van der Waals surface area contributed by atoms with Crippen molar-refractivity contribution in [3.05, 3.63) is 66.2 Å². The Morgan fingerprint density at radius 2 is 1.88 bits per heavy atom. The second kappa shape index (κ2) is 11.1. The van der Waals surface area contributed by atoms with Gasteiger partial charge in [0.05, 0.1) is 37.1 Å². The fraction of sp³-hybridized carbons (Fsp3) is 0.308. The molecule has 1 heterocycles. The Bertz CT molecular complexity index is 1160. The smallest absolute Gasteiger partial charge is 0.308 e. The van der Waals surface area contributed by atoms with E-state index >= 15 is 0 Å². The van der Waals surface area contributed by atoms with Crippen LogP contribution in [-0.2, 0) is 9.53 Å². The first-order valence-electron chi connectivity index (χ1n) is 11.0. The number of halogens is 1. The molecular formula is C26H30FN3O4. The van der Waals surface area contributed by atoms with Gasteiger partial charge in [-0.25, -0.2) is 9.37 Å². The summed E-state index contributed by atoms with van der Waals surface area (Å²) in [6.45, 7) is 4.00. The zero-order valence-corrected chi connectivity index (χ0v) is 19.5. The van der Waals surface area contributed by atoms with E-state index < -0.39 is 18.2 Å². The molecule has 0 aliphatic rings. The predicted molar refractivity (Wildman–Crippen MR) is 130 cm³/mol. The van der Waals surface area contributed by atoms with Gasteiger partial charge in [0.25, 0.3) is 0 Å². The second-order valence-corrected chi connectivity index (χ2v) is 8.40. The van der Waals surface area contributed by atoms with Crippen LogP contribution in [0.15, 0.2) is 54.6 Å². The van der Waals surface area contributed by atoms with E-state index in [1.54, 1.807) is 24.4 Å². The monoisotopic (exact) mass is 467 g/mol. The van der Waals surface area contributed by atoms with Crippen LogP contribution in [0.5, 0.6) is 0 Å². The Hall–Kier alpha value is -3.49. The van der Waals surface area contributed by atoms with Crippen LogP contribution in [0, 0.1) is 5.82 Å². The van der Waals surface area contributed by atoms with Crippen molar-refractivity contribution >= 4 is 17.9 Å². The normalized spacial score (nSPS) is 13.4. The van der Waals surface area contributed by atoms with E-state index in [-0.39, 0.29) is 24.6 Å². The van der Waals surface area contributed by atoms with Crippen LogP contribution in [0.2, 0.25) is 0 Å². The highest BCUT2D eigenvalue weighted by atomic mass is 19.1. The number of rotatable bonds is 9. The molecule has 0 aliphatic carbocycles. The molecule has 8 heteroatoms. The van der Waals surface area contributed by atoms with Crippen molar-refractivity contribution in [2.75, 3.05) is 12.8 Å². The quantitative estimate of drug-likeness (QED) is 0.321. The van der Waals surface area contributed by atoms with Crippen LogP contribution in [0.25, 0.3) is 28.7 Å². The topological polar surface area (TPSA) is 111 Å². The highest BCUT2D eigenvalue weighted by Gasteiger charge is 2.21. The maximum atomic E-state index is 13.7. The molecule has 1 aromatic heterocycles. The number of methoxy groups -OCH3 is 1. The number of anilines is 1. The maximum Gasteiger partial charge on any atom is 0.308 e. The molecule has 7 nitrogen and oxygen atoms in total. The van der Waals surface area contributed by atoms with Gasteiger partial charge in [0.1, 0.15) is 11.6 Å². The number of hydrogen-bond acceptors (Lipinski definition) is 6. The number of nitrogen functional groups attached to an aromatic ring is 1. The molecule has 2 atom stereocenters. The molecule has 0 spiro atoms. The Morgan fingerprint density at radius 3 is 2.50 bits per heavy atom. The van der Waals surface area contributed by atoms with Gasteiger partial charge in [-0.2, -0.15) is 0 Å². The standard InChI is InChI=1S/C26H30FN3O4/c1-16(2)26-29-24(18-5-4-6-20(28)13-18)25(17-7-9-19(27)10-8-17)30(26)12-11-21(31)14-22(32)15-23(33)34-3/h4-13,16,21-22,31-32H,14-15,28H2,1-3H3/b12-11+. The van der Waals surface area contributed by atoms with Gasteiger partial charge in [-0.15, -0.1) is 0 Å². The number of aliphatic hydroxyl groups is 2. The van der Waals surface area contributed by atoms with Gasteiger partial charge in [0.2, 0.25) is 0 Å². The Kier molecular flexibility index (Phi) is 8.20. The predicted octanol–water partition coefficient (Wildman–Crippen LogP) is 4.21. The zero-order chi connectivity index (χ0) is 24.8. The summed E-state index contributed by atoms with van der Waals surface area (Å²) in [6.07, 6.45) is 0.921. The van der Waals surface area contributed by atoms with E-state index in [1.807, 2.05) is 36.6 Å². The van der Waals surface area contributed by atoms with Crippen LogP contribution in [0.4, 0.5) is 10.1 Å². The summed E-state index contributed by atoms with van der Waals surface area (Å²) in [5.74, 6) is -0.142. The van der Waals surface area contributed by atoms with Gasteiger partial charge in [-0.3, -0.25) is 4.79 Å². The number of aliphatic hydroxyl groups excluding tert-OH is 2. The lowest BCUT2D eigenvalue weighted by atomic mass is 10.0. The van der Waals surface area contributed by atoms with Crippen LogP contribution >= 0.6 is 0 Å². The summed E-state index contributed by atoms with van der Waals surface area (Å²) in [5.41, 5.74) is 9.54. The number of benzene rings is 2. The van der Waals surface area contributed by atoms with E-state index in [1.165, 1.54) is 25.3 Å². The number of hydrogen-bond donors (Lipinski definition) is 3. The molecule has 0 saturated carbocycles. The van der Waals surface area contributed by atoms with E-state index in [4.69, 9.17) is 10.7 Å². The van der Waals surface area contributed by atoms with Crippen molar-refractivity contribution in [2.45, 2.75) is 44.8 Å². The summed E-state index contributed by atoms with van der Waals surface area (Å²) in [6, 6.07) is 13.5. The van der Waals surface area contributed by atoms with Gasteiger partial charge < -0.3 is 25.3 Å². The number of nitrogens with two attached hydrogens (primary N) is 1. The first kappa shape index (κ1) is 25.1. The molecule has 0 amide bonds. The van der Waals surface area contributed by atoms with Crippen LogP contribution in [0.3, 0.4) is 0 Å². The summed E-state index contributed by atoms with van der Waals surface area (Å²) < 4.78 is 20.1. The van der Waals surface area contributed by atoms with E-state index in [0.717, 1.165) is 17.0 Å². The lowest BCUT2D eigenvalue weighted by Gasteiger charge is -2.14. The minimum Gasteiger partial charge on any atom is -0.469 e. The summed E-state index contributed by atoms with van der Waals surface area (Å²) in [4.78, 5) is 16.2. The lowest BCUT2D eigenvalue weighted by molar-refractivity contribution is -0.143. The van der Waals surface area contributed by atoms with Crippen molar-refractivity contribution in [3.8, 4) is 22.5 Å². The number of esters is 1. The van der Waals surface area contributed by atoms with Crippen LogP contribution in [0.1, 0.15) is 38.4 Å². The number of ether oxygens (including phenoxy) is 1. The molecule has 34 heavy (non-hydrogen) atoms. The third-order valence-electron chi connectivity index (χ3n) is 5.33. The van der Waals surface area contributed by atoms with Crippen molar-refractivity contribution in [1.29, 1.82) is 0 Å². The van der Waals surface area contributed by atoms with E-state index in [0.29, 0.717) is 17.1 Å². The Morgan fingerprint density at radius 1 is 1.18 bits per heavy atom. The number of imidazole rings is 1. The fourth-order valence-corrected chi connectivity index (χ4v) is 3.68. The molecular weight excluding hydrogens is 437 g/mol. The van der Waals surface area contributed by atoms with Gasteiger partial charge in [0, 0.05) is 35.4 Å². The highest BCUT2D eigenvalue weighted by molar-refractivity contribution is 5.82. The van der Waals surface area contributed by atoms with Crippen LogP contribution < -0.4 is 5.73 Å². The largest absolute Gasteiger partial charge is 0.469 e. The third-order valence-corrected chi connectivity index (χ3v) is 5.33. The minimum absolute atomic E-state index is 0.0284. The molecule has 2 unspecified atom stereocenters. The summed E-state index contributed by atoms with van der Waals surface area (Å²) >= 11 is 0. The molecule has 2 aromatic carbocycles. The molecule has 0 bridgehead atoms. The number of aromatic nitrogens is 2. The minimum atomic E-state index is -1.04. The average Bonchev–Trinajstić information content (AvgIpc) is 3.18. The van der Waals surface area contributed by atoms with E-state index in [2.05, 4.69) is 4.74 Å². The first-order valence-corrected chi connectivity index (χ1v) is 11.0. The zero-order valence-electron chi connectivity index (χ0n) is 19.5. The summed E-state index contributed by atoms with van der Waals surface area (Å²) in [5, 5.41) is 20.5. The fourth-order valence-electron chi connectivity index (χ4n) is 3.68. The van der Waals surface area contributed by atoms with Crippen molar-refractivity contribution in [3.63, 3.8) is 0 Å². The highest BCUT2D eigenvalue weighted by Crippen LogP contribution is 2.36. The summed E-state index contributed by atoms with van der Waals surface area (Å²) in [7, 11) is 1.24. The first-order chi connectivity index (χ1) is 16.2. The molecule has 0 radical (unpaired) electrons. The second-order valence-electron chi connectivity index (χ2n) is 8.40. The third kappa shape index (κ3) is 6.09. The lowest BCUT2D eigenvalue weighted by Crippen LogP contribution is -2.20. The Labute approximate surface area is 198 Å². The van der Waals surface area contributed by atoms with Crippen molar-refractivity contribution in [1.82, 2.24) is 9.55 Å². The number of carbonyl (C=O) groups excluding carboxylic acids is 1. The molecule has 0 fully saturated rings. The molecule has 3 aromatic rings. The SMILES string of the molecule is COC(=O)CC(O)CC(O)/C=C/n1c(C(C)C)nc(-c2cccc(N)c2)c1-c1ccc(F)cc1. The van der Waals surface area contributed by atoms with Crippen molar-refractivity contribution < 1.29 is 24.1 Å². The van der Waals surface area contributed by atoms with Gasteiger partial charge in [-0.1, -0.05) is 26.0 Å². The van der Waals surface area contributed by atoms with Crippen LogP contribution in [-0.4, -0.2) is 45.1 Å². The number of carbonyl (C=O) groups is 1. The van der Waals surface area contributed by atoms with Gasteiger partial charge >= 0.3 is 5.97 Å². The molecule has 0 saturated heterocycles. The van der Waals surface area contributed by atoms with Gasteiger partial charge in [-0.05, 0) is 42.5 Å². The average molecular weight is 468 g/mol. The maximum absolute atomic E-state index is 13.7.